The highest BCUT2D eigenvalue weighted by atomic mass is 16.5. The second kappa shape index (κ2) is 5.36. The normalized spacial score (nSPS) is 25.9. The summed E-state index contributed by atoms with van der Waals surface area (Å²) in [6.07, 6.45) is 0. The number of carboxylic acid groups (broad SMARTS) is 1. The highest BCUT2D eigenvalue weighted by Crippen LogP contribution is 2.31. The Hall–Kier alpha value is -1.69. The van der Waals surface area contributed by atoms with Crippen LogP contribution < -0.4 is 5.32 Å². The van der Waals surface area contributed by atoms with E-state index >= 15 is 0 Å². The van der Waals surface area contributed by atoms with Crippen LogP contribution >= 0.6 is 0 Å². The lowest BCUT2D eigenvalue weighted by atomic mass is 9.85. The first-order chi connectivity index (χ1) is 9.33. The molecule has 0 spiro atoms. The lowest BCUT2D eigenvalue weighted by Crippen LogP contribution is -2.43. The molecule has 6 heteroatoms. The first-order valence-electron chi connectivity index (χ1n) is 6.76. The molecular formula is C14H21N3O3. The van der Waals surface area contributed by atoms with E-state index in [4.69, 9.17) is 4.74 Å². The number of aryl methyl sites for hydroxylation is 1. The largest absolute Gasteiger partial charge is 0.481 e. The second-order valence-electron chi connectivity index (χ2n) is 5.84. The van der Waals surface area contributed by atoms with Crippen LogP contribution in [0.3, 0.4) is 0 Å². The van der Waals surface area contributed by atoms with Crippen LogP contribution in [0.5, 0.6) is 0 Å². The Kier molecular flexibility index (Phi) is 3.94. The van der Waals surface area contributed by atoms with Crippen molar-refractivity contribution in [3.05, 3.63) is 17.6 Å². The average molecular weight is 279 g/mol. The van der Waals surface area contributed by atoms with Crippen LogP contribution in [0.1, 0.15) is 38.2 Å². The van der Waals surface area contributed by atoms with Crippen LogP contribution in [-0.2, 0) is 9.53 Å². The van der Waals surface area contributed by atoms with E-state index in [1.165, 1.54) is 0 Å². The topological polar surface area (TPSA) is 84.3 Å². The number of aromatic nitrogens is 2. The average Bonchev–Trinajstić information content (AvgIpc) is 2.71. The van der Waals surface area contributed by atoms with Gasteiger partial charge in [0, 0.05) is 17.7 Å². The molecular weight excluding hydrogens is 258 g/mol. The van der Waals surface area contributed by atoms with Crippen LogP contribution in [-0.4, -0.2) is 40.3 Å². The molecule has 0 aliphatic carbocycles. The third kappa shape index (κ3) is 2.75. The van der Waals surface area contributed by atoms with Crippen molar-refractivity contribution in [1.29, 1.82) is 0 Å². The van der Waals surface area contributed by atoms with Crippen molar-refractivity contribution in [3.63, 3.8) is 0 Å². The fourth-order valence-electron chi connectivity index (χ4n) is 2.19. The van der Waals surface area contributed by atoms with Crippen molar-refractivity contribution in [1.82, 2.24) is 9.97 Å². The van der Waals surface area contributed by atoms with Crippen LogP contribution in [0.25, 0.3) is 0 Å². The van der Waals surface area contributed by atoms with E-state index in [0.717, 1.165) is 11.5 Å². The Morgan fingerprint density at radius 2 is 2.25 bits per heavy atom. The molecule has 0 bridgehead atoms. The lowest BCUT2D eigenvalue weighted by Gasteiger charge is -2.26. The molecule has 20 heavy (non-hydrogen) atoms. The molecule has 1 aliphatic rings. The van der Waals surface area contributed by atoms with Gasteiger partial charge in [-0.15, -0.1) is 0 Å². The first-order valence-corrected chi connectivity index (χ1v) is 6.76. The van der Waals surface area contributed by atoms with Crippen molar-refractivity contribution >= 4 is 11.8 Å². The van der Waals surface area contributed by atoms with Crippen LogP contribution in [0, 0.1) is 12.3 Å². The van der Waals surface area contributed by atoms with Crippen molar-refractivity contribution in [2.45, 2.75) is 39.7 Å². The summed E-state index contributed by atoms with van der Waals surface area (Å²) in [5, 5.41) is 12.6. The summed E-state index contributed by atoms with van der Waals surface area (Å²) in [6.45, 7) is 8.22. The molecule has 6 nitrogen and oxygen atoms in total. The molecule has 1 aliphatic heterocycles. The van der Waals surface area contributed by atoms with E-state index in [-0.39, 0.29) is 18.6 Å². The first kappa shape index (κ1) is 14.7. The number of hydrogen-bond acceptors (Lipinski definition) is 5. The third-order valence-electron chi connectivity index (χ3n) is 3.65. The molecule has 110 valence electrons. The summed E-state index contributed by atoms with van der Waals surface area (Å²) >= 11 is 0. The predicted octanol–water partition coefficient (Wildman–Crippen LogP) is 1.81. The maximum absolute atomic E-state index is 11.4. The van der Waals surface area contributed by atoms with Crippen molar-refractivity contribution in [2.24, 2.45) is 5.41 Å². The Balaban J connectivity index is 2.24. The van der Waals surface area contributed by atoms with E-state index in [9.17, 15) is 9.90 Å². The zero-order valence-electron chi connectivity index (χ0n) is 12.3. The molecule has 1 saturated heterocycles. The molecule has 1 aromatic rings. The number of rotatable bonds is 4. The lowest BCUT2D eigenvalue weighted by molar-refractivity contribution is -0.148. The zero-order chi connectivity index (χ0) is 14.9. The second-order valence-corrected chi connectivity index (χ2v) is 5.84. The summed E-state index contributed by atoms with van der Waals surface area (Å²) in [4.78, 5) is 20.2. The minimum absolute atomic E-state index is 0.209. The Morgan fingerprint density at radius 1 is 1.55 bits per heavy atom. The fourth-order valence-corrected chi connectivity index (χ4v) is 2.19. The maximum atomic E-state index is 11.4. The summed E-state index contributed by atoms with van der Waals surface area (Å²) in [7, 11) is 0. The third-order valence-corrected chi connectivity index (χ3v) is 3.65. The van der Waals surface area contributed by atoms with Gasteiger partial charge < -0.3 is 15.2 Å². The van der Waals surface area contributed by atoms with Gasteiger partial charge in [0.15, 0.2) is 0 Å². The quantitative estimate of drug-likeness (QED) is 0.874. The van der Waals surface area contributed by atoms with E-state index in [0.29, 0.717) is 12.4 Å². The summed E-state index contributed by atoms with van der Waals surface area (Å²) in [5.74, 6) is 0.774. The molecule has 2 N–H and O–H groups in total. The summed E-state index contributed by atoms with van der Waals surface area (Å²) < 4.78 is 5.33. The molecule has 1 fully saturated rings. The number of aliphatic carboxylic acids is 1. The summed E-state index contributed by atoms with van der Waals surface area (Å²) in [5.41, 5.74) is -0.0706. The number of nitrogens with one attached hydrogen (secondary N) is 1. The van der Waals surface area contributed by atoms with Gasteiger partial charge in [-0.25, -0.2) is 9.97 Å². The fraction of sp³-hybridized carbons (Fsp3) is 0.643. The number of carboxylic acids is 1. The predicted molar refractivity (Wildman–Crippen MR) is 74.8 cm³/mol. The minimum atomic E-state index is -0.934. The van der Waals surface area contributed by atoms with Crippen molar-refractivity contribution < 1.29 is 14.6 Å². The van der Waals surface area contributed by atoms with Gasteiger partial charge in [-0.3, -0.25) is 4.79 Å². The molecule has 0 radical (unpaired) electrons. The molecule has 2 rings (SSSR count). The monoisotopic (exact) mass is 279 g/mol. The van der Waals surface area contributed by atoms with Crippen molar-refractivity contribution in [3.8, 4) is 0 Å². The Morgan fingerprint density at radius 3 is 2.85 bits per heavy atom. The van der Waals surface area contributed by atoms with Gasteiger partial charge in [-0.05, 0) is 13.8 Å². The minimum Gasteiger partial charge on any atom is -0.481 e. The van der Waals surface area contributed by atoms with Gasteiger partial charge in [0.2, 0.25) is 0 Å². The highest BCUT2D eigenvalue weighted by Gasteiger charge is 2.46. The van der Waals surface area contributed by atoms with Gasteiger partial charge in [-0.2, -0.15) is 0 Å². The SMILES string of the molecule is Cc1cc(NC2COCC2(C)C(=O)O)nc(C(C)C)n1. The standard InChI is InChI=1S/C14H21N3O3/c1-8(2)12-15-9(3)5-11(17-12)16-10-6-20-7-14(10,4)13(18)19/h5,8,10H,6-7H2,1-4H3,(H,18,19)(H,15,16,17). The zero-order valence-corrected chi connectivity index (χ0v) is 12.3. The smallest absolute Gasteiger partial charge is 0.313 e. The van der Waals surface area contributed by atoms with E-state index in [2.05, 4.69) is 15.3 Å². The van der Waals surface area contributed by atoms with Crippen LogP contribution in [0.15, 0.2) is 6.07 Å². The number of nitrogens with zero attached hydrogens (tertiary/aromatic N) is 2. The number of carbonyl (C=O) groups is 1. The van der Waals surface area contributed by atoms with Crippen LogP contribution in [0.4, 0.5) is 5.82 Å². The van der Waals surface area contributed by atoms with Crippen LogP contribution in [0.2, 0.25) is 0 Å². The van der Waals surface area contributed by atoms with E-state index in [1.54, 1.807) is 6.92 Å². The molecule has 2 heterocycles. The van der Waals surface area contributed by atoms with Gasteiger partial charge >= 0.3 is 5.97 Å². The molecule has 1 aromatic heterocycles. The molecule has 2 unspecified atom stereocenters. The van der Waals surface area contributed by atoms with Gasteiger partial charge in [0.25, 0.3) is 0 Å². The van der Waals surface area contributed by atoms with E-state index < -0.39 is 11.4 Å². The molecule has 0 aromatic carbocycles. The highest BCUT2D eigenvalue weighted by molar-refractivity contribution is 5.76. The number of ether oxygens (including phenoxy) is 1. The Bertz CT molecular complexity index is 518. The van der Waals surface area contributed by atoms with Gasteiger partial charge in [0.1, 0.15) is 17.1 Å². The molecule has 0 amide bonds. The number of anilines is 1. The maximum Gasteiger partial charge on any atom is 0.313 e. The van der Waals surface area contributed by atoms with Crippen molar-refractivity contribution in [2.75, 3.05) is 18.5 Å². The van der Waals surface area contributed by atoms with Gasteiger partial charge in [0.05, 0.1) is 19.3 Å². The number of hydrogen-bond donors (Lipinski definition) is 2. The molecule has 0 saturated carbocycles. The Labute approximate surface area is 118 Å². The molecule has 2 atom stereocenters. The summed E-state index contributed by atoms with van der Waals surface area (Å²) in [6, 6.07) is 1.53. The van der Waals surface area contributed by atoms with Gasteiger partial charge in [-0.1, -0.05) is 13.8 Å². The van der Waals surface area contributed by atoms with E-state index in [1.807, 2.05) is 26.8 Å².